The van der Waals surface area contributed by atoms with Crippen LogP contribution in [0.4, 0.5) is 5.69 Å². The van der Waals surface area contributed by atoms with Gasteiger partial charge in [0.2, 0.25) is 5.89 Å². The number of nitrogens with one attached hydrogen (secondary N) is 1. The minimum absolute atomic E-state index is 0.172. The maximum absolute atomic E-state index is 13.0. The van der Waals surface area contributed by atoms with E-state index in [0.717, 1.165) is 11.1 Å². The quantitative estimate of drug-likeness (QED) is 0.265. The number of carbonyl (C=O) groups is 1. The molecule has 5 aromatic rings. The molecule has 3 aromatic carbocycles. The zero-order valence-electron chi connectivity index (χ0n) is 19.5. The van der Waals surface area contributed by atoms with Crippen molar-refractivity contribution in [1.29, 1.82) is 0 Å². The van der Waals surface area contributed by atoms with E-state index in [2.05, 4.69) is 24.1 Å². The lowest BCUT2D eigenvalue weighted by atomic mass is 10.0. The fourth-order valence-corrected chi connectivity index (χ4v) is 3.90. The van der Waals surface area contributed by atoms with E-state index in [4.69, 9.17) is 25.2 Å². The highest BCUT2D eigenvalue weighted by molar-refractivity contribution is 6.30. The number of halogens is 1. The molecule has 0 atom stereocenters. The van der Waals surface area contributed by atoms with Crippen molar-refractivity contribution in [3.8, 4) is 28.5 Å². The van der Waals surface area contributed by atoms with Crippen molar-refractivity contribution in [1.82, 2.24) is 4.98 Å². The van der Waals surface area contributed by atoms with Crippen LogP contribution >= 0.6 is 11.6 Å². The molecule has 0 aliphatic heterocycles. The first-order valence-electron chi connectivity index (χ1n) is 11.2. The lowest BCUT2D eigenvalue weighted by Gasteiger charge is -2.10. The van der Waals surface area contributed by atoms with Crippen LogP contribution in [0.15, 0.2) is 81.6 Å². The number of methoxy groups -OCH3 is 1. The van der Waals surface area contributed by atoms with Crippen LogP contribution in [0.25, 0.3) is 33.9 Å². The first-order chi connectivity index (χ1) is 16.9. The van der Waals surface area contributed by atoms with E-state index in [1.54, 1.807) is 43.5 Å². The number of nitrogens with zero attached hydrogens (tertiary/aromatic N) is 1. The van der Waals surface area contributed by atoms with Gasteiger partial charge in [0.1, 0.15) is 17.0 Å². The van der Waals surface area contributed by atoms with Crippen LogP contribution in [0.1, 0.15) is 35.9 Å². The number of ether oxygens (including phenoxy) is 1. The van der Waals surface area contributed by atoms with Crippen molar-refractivity contribution in [3.05, 3.63) is 89.1 Å². The molecule has 35 heavy (non-hydrogen) atoms. The topological polar surface area (TPSA) is 77.5 Å². The van der Waals surface area contributed by atoms with E-state index in [1.165, 1.54) is 5.56 Å². The Morgan fingerprint density at radius 1 is 0.943 bits per heavy atom. The van der Waals surface area contributed by atoms with Crippen molar-refractivity contribution < 1.29 is 18.4 Å². The zero-order chi connectivity index (χ0) is 24.5. The van der Waals surface area contributed by atoms with E-state index in [1.807, 2.05) is 36.4 Å². The van der Waals surface area contributed by atoms with Gasteiger partial charge >= 0.3 is 0 Å². The van der Waals surface area contributed by atoms with Gasteiger partial charge in [0, 0.05) is 16.1 Å². The van der Waals surface area contributed by atoms with Gasteiger partial charge in [-0.1, -0.05) is 31.5 Å². The fourth-order valence-electron chi connectivity index (χ4n) is 3.78. The van der Waals surface area contributed by atoms with E-state index in [0.29, 0.717) is 45.2 Å². The molecule has 1 amide bonds. The number of hydrogen-bond acceptors (Lipinski definition) is 5. The number of aromatic nitrogens is 1. The molecule has 176 valence electrons. The summed E-state index contributed by atoms with van der Waals surface area (Å²) in [5, 5.41) is 3.50. The lowest BCUT2D eigenvalue weighted by molar-refractivity contribution is 0.0997. The molecule has 2 aromatic heterocycles. The number of carbonyl (C=O) groups excluding carboxylic acids is 1. The van der Waals surface area contributed by atoms with E-state index >= 15 is 0 Å². The Morgan fingerprint density at radius 3 is 2.46 bits per heavy atom. The molecular weight excluding hydrogens is 464 g/mol. The molecule has 0 aliphatic rings. The van der Waals surface area contributed by atoms with E-state index in [9.17, 15) is 4.79 Å². The molecule has 5 rings (SSSR count). The highest BCUT2D eigenvalue weighted by atomic mass is 35.5. The molecule has 0 bridgehead atoms. The van der Waals surface area contributed by atoms with Crippen LogP contribution in [0, 0.1) is 0 Å². The third-order valence-electron chi connectivity index (χ3n) is 5.73. The summed E-state index contributed by atoms with van der Waals surface area (Å²) in [5.74, 6) is 1.70. The first-order valence-corrected chi connectivity index (χ1v) is 11.5. The first kappa shape index (κ1) is 22.7. The fraction of sp³-hybridized carbons (Fsp3) is 0.143. The standard InChI is InChI=1S/C28H23ClN2O4/c1-16(2)18-6-11-25-22(14-18)31-28(35-25)19-7-10-24(33-3)21(15-19)30-27(32)26-13-12-23(34-26)17-4-8-20(29)9-5-17/h4-16H,1-3H3,(H,30,32). The molecule has 0 saturated carbocycles. The molecule has 6 nitrogen and oxygen atoms in total. The Bertz CT molecular complexity index is 1520. The van der Waals surface area contributed by atoms with Gasteiger partial charge in [-0.3, -0.25) is 4.79 Å². The zero-order valence-corrected chi connectivity index (χ0v) is 20.2. The van der Waals surface area contributed by atoms with Crippen molar-refractivity contribution in [2.24, 2.45) is 0 Å². The van der Waals surface area contributed by atoms with Gasteiger partial charge < -0.3 is 18.9 Å². The second-order valence-corrected chi connectivity index (χ2v) is 8.88. The third-order valence-corrected chi connectivity index (χ3v) is 5.98. The summed E-state index contributed by atoms with van der Waals surface area (Å²) in [5.41, 5.74) is 4.70. The summed E-state index contributed by atoms with van der Waals surface area (Å²) in [6.07, 6.45) is 0. The normalized spacial score (nSPS) is 11.2. The smallest absolute Gasteiger partial charge is 0.291 e. The van der Waals surface area contributed by atoms with Crippen LogP contribution in [-0.2, 0) is 0 Å². The van der Waals surface area contributed by atoms with Gasteiger partial charge in [-0.2, -0.15) is 0 Å². The van der Waals surface area contributed by atoms with Gasteiger partial charge in [0.25, 0.3) is 5.91 Å². The van der Waals surface area contributed by atoms with Gasteiger partial charge in [-0.05, 0) is 78.2 Å². The number of benzene rings is 3. The van der Waals surface area contributed by atoms with Gasteiger partial charge in [-0.25, -0.2) is 4.98 Å². The minimum atomic E-state index is -0.403. The second-order valence-electron chi connectivity index (χ2n) is 8.44. The Hall–Kier alpha value is -4.03. The van der Waals surface area contributed by atoms with E-state index < -0.39 is 5.91 Å². The van der Waals surface area contributed by atoms with Gasteiger partial charge in [0.05, 0.1) is 12.8 Å². The van der Waals surface area contributed by atoms with Crippen LogP contribution in [0.2, 0.25) is 5.02 Å². The molecule has 0 radical (unpaired) electrons. The SMILES string of the molecule is COc1ccc(-c2nc3cc(C(C)C)ccc3o2)cc1NC(=O)c1ccc(-c2ccc(Cl)cc2)o1. The Kier molecular flexibility index (Phi) is 6.05. The average Bonchev–Trinajstić information content (AvgIpc) is 3.52. The van der Waals surface area contributed by atoms with Gasteiger partial charge in [-0.15, -0.1) is 0 Å². The summed E-state index contributed by atoms with van der Waals surface area (Å²) in [7, 11) is 1.54. The number of hydrogen-bond donors (Lipinski definition) is 1. The van der Waals surface area contributed by atoms with Crippen molar-refractivity contribution in [3.63, 3.8) is 0 Å². The van der Waals surface area contributed by atoms with Crippen LogP contribution in [0.3, 0.4) is 0 Å². The second kappa shape index (κ2) is 9.31. The molecule has 0 unspecified atom stereocenters. The Morgan fingerprint density at radius 2 is 1.71 bits per heavy atom. The lowest BCUT2D eigenvalue weighted by Crippen LogP contribution is -2.11. The highest BCUT2D eigenvalue weighted by Gasteiger charge is 2.17. The molecule has 0 spiro atoms. The summed E-state index contributed by atoms with van der Waals surface area (Å²) in [6, 6.07) is 22.0. The number of furan rings is 1. The third kappa shape index (κ3) is 4.66. The van der Waals surface area contributed by atoms with Crippen molar-refractivity contribution in [2.45, 2.75) is 19.8 Å². The van der Waals surface area contributed by atoms with Crippen LogP contribution in [0.5, 0.6) is 5.75 Å². The predicted molar refractivity (Wildman–Crippen MR) is 137 cm³/mol. The monoisotopic (exact) mass is 486 g/mol. The van der Waals surface area contributed by atoms with Crippen LogP contribution in [-0.4, -0.2) is 18.0 Å². The minimum Gasteiger partial charge on any atom is -0.495 e. The number of amides is 1. The number of rotatable bonds is 6. The summed E-state index contributed by atoms with van der Waals surface area (Å²) in [6.45, 7) is 4.27. The molecule has 1 N–H and O–H groups in total. The number of fused-ring (bicyclic) bond motifs is 1. The molecule has 0 aliphatic carbocycles. The van der Waals surface area contributed by atoms with Crippen LogP contribution < -0.4 is 10.1 Å². The molecule has 0 saturated heterocycles. The molecule has 2 heterocycles. The predicted octanol–water partition coefficient (Wildman–Crippen LogP) is 7.79. The maximum Gasteiger partial charge on any atom is 0.291 e. The number of anilines is 1. The van der Waals surface area contributed by atoms with Gasteiger partial charge in [0.15, 0.2) is 11.3 Å². The van der Waals surface area contributed by atoms with Crippen molar-refractivity contribution >= 4 is 34.3 Å². The van der Waals surface area contributed by atoms with E-state index in [-0.39, 0.29) is 5.76 Å². The molecular formula is C28H23ClN2O4. The van der Waals surface area contributed by atoms with Crippen molar-refractivity contribution in [2.75, 3.05) is 12.4 Å². The summed E-state index contributed by atoms with van der Waals surface area (Å²) < 4.78 is 17.2. The average molecular weight is 487 g/mol. The molecule has 0 fully saturated rings. The largest absolute Gasteiger partial charge is 0.495 e. The Labute approximate surface area is 207 Å². The Balaban J connectivity index is 1.42. The molecule has 7 heteroatoms. The highest BCUT2D eigenvalue weighted by Crippen LogP contribution is 2.33. The summed E-state index contributed by atoms with van der Waals surface area (Å²) in [4.78, 5) is 17.6. The summed E-state index contributed by atoms with van der Waals surface area (Å²) >= 11 is 5.96. The maximum atomic E-state index is 13.0. The number of oxazole rings is 1.